The molecule has 0 aromatic carbocycles. The molecule has 0 unspecified atom stereocenters. The van der Waals surface area contributed by atoms with Crippen molar-refractivity contribution in [1.82, 2.24) is 15.0 Å². The van der Waals surface area contributed by atoms with E-state index < -0.39 is 0 Å². The van der Waals surface area contributed by atoms with Crippen molar-refractivity contribution in [3.8, 4) is 0 Å². The lowest BCUT2D eigenvalue weighted by atomic mass is 10.4. The van der Waals surface area contributed by atoms with Crippen LogP contribution in [0.2, 0.25) is 5.28 Å². The first-order valence-electron chi connectivity index (χ1n) is 3.29. The molecular formula is C6H9ClN4. The number of hydrogen-bond acceptors (Lipinski definition) is 4. The normalized spacial score (nSPS) is 10.2. The van der Waals surface area contributed by atoms with E-state index >= 15 is 0 Å². The topological polar surface area (TPSA) is 50.7 Å². The summed E-state index contributed by atoms with van der Waals surface area (Å²) in [6.07, 6.45) is 1.38. The van der Waals surface area contributed by atoms with Crippen LogP contribution in [0.4, 0.5) is 5.95 Å². The largest absolute Gasteiger partial charge is 0.352 e. The lowest BCUT2D eigenvalue weighted by Gasteiger charge is -2.05. The van der Waals surface area contributed by atoms with Crippen molar-refractivity contribution in [2.45, 2.75) is 19.9 Å². The van der Waals surface area contributed by atoms with Gasteiger partial charge in [0.25, 0.3) is 0 Å². The first-order chi connectivity index (χ1) is 5.18. The fourth-order valence-corrected chi connectivity index (χ4v) is 0.728. The summed E-state index contributed by atoms with van der Waals surface area (Å²) in [5.41, 5.74) is 0. The van der Waals surface area contributed by atoms with Crippen LogP contribution in [0, 0.1) is 0 Å². The number of aromatic nitrogens is 3. The van der Waals surface area contributed by atoms with E-state index in [1.165, 1.54) is 6.33 Å². The van der Waals surface area contributed by atoms with Gasteiger partial charge in [0.2, 0.25) is 11.2 Å². The second kappa shape index (κ2) is 3.48. The lowest BCUT2D eigenvalue weighted by Crippen LogP contribution is -2.12. The summed E-state index contributed by atoms with van der Waals surface area (Å²) in [5, 5.41) is 3.21. The highest BCUT2D eigenvalue weighted by Gasteiger charge is 1.98. The third kappa shape index (κ3) is 2.67. The van der Waals surface area contributed by atoms with Crippen molar-refractivity contribution in [2.75, 3.05) is 5.32 Å². The molecule has 0 bridgehead atoms. The number of nitrogens with zero attached hydrogens (tertiary/aromatic N) is 3. The third-order valence-corrected chi connectivity index (χ3v) is 1.14. The number of halogens is 1. The van der Waals surface area contributed by atoms with E-state index in [0.29, 0.717) is 12.0 Å². The first kappa shape index (κ1) is 8.20. The molecule has 1 N–H and O–H groups in total. The Kier molecular flexibility index (Phi) is 2.59. The molecule has 5 heteroatoms. The van der Waals surface area contributed by atoms with Crippen LogP contribution < -0.4 is 5.32 Å². The number of rotatable bonds is 2. The van der Waals surface area contributed by atoms with Crippen molar-refractivity contribution in [3.63, 3.8) is 0 Å². The highest BCUT2D eigenvalue weighted by molar-refractivity contribution is 6.28. The van der Waals surface area contributed by atoms with Gasteiger partial charge < -0.3 is 5.32 Å². The van der Waals surface area contributed by atoms with Crippen LogP contribution in [0.5, 0.6) is 0 Å². The molecule has 0 atom stereocenters. The van der Waals surface area contributed by atoms with Gasteiger partial charge in [-0.25, -0.2) is 9.97 Å². The van der Waals surface area contributed by atoms with Gasteiger partial charge in [-0.2, -0.15) is 4.98 Å². The predicted molar refractivity (Wildman–Crippen MR) is 43.6 cm³/mol. The van der Waals surface area contributed by atoms with Crippen LogP contribution in [0.3, 0.4) is 0 Å². The average molecular weight is 173 g/mol. The Morgan fingerprint density at radius 2 is 2.18 bits per heavy atom. The Hall–Kier alpha value is -0.900. The Bertz CT molecular complexity index is 238. The molecule has 1 heterocycles. The van der Waals surface area contributed by atoms with Crippen LogP contribution in [0.1, 0.15) is 13.8 Å². The number of anilines is 1. The molecule has 0 fully saturated rings. The average Bonchev–Trinajstić information content (AvgIpc) is 1.85. The second-order valence-corrected chi connectivity index (χ2v) is 2.72. The van der Waals surface area contributed by atoms with Gasteiger partial charge in [-0.05, 0) is 25.4 Å². The lowest BCUT2D eigenvalue weighted by molar-refractivity contribution is 0.866. The van der Waals surface area contributed by atoms with Crippen molar-refractivity contribution in [3.05, 3.63) is 11.6 Å². The van der Waals surface area contributed by atoms with E-state index in [4.69, 9.17) is 11.6 Å². The maximum absolute atomic E-state index is 5.53. The molecule has 0 saturated heterocycles. The SMILES string of the molecule is CC(C)Nc1ncnc(Cl)n1. The molecule has 0 spiro atoms. The fourth-order valence-electron chi connectivity index (χ4n) is 0.604. The van der Waals surface area contributed by atoms with E-state index in [2.05, 4.69) is 20.3 Å². The molecule has 0 amide bonds. The van der Waals surface area contributed by atoms with Crippen molar-refractivity contribution >= 4 is 17.5 Å². The highest BCUT2D eigenvalue weighted by atomic mass is 35.5. The molecule has 1 aromatic heterocycles. The van der Waals surface area contributed by atoms with Gasteiger partial charge in [-0.3, -0.25) is 0 Å². The summed E-state index contributed by atoms with van der Waals surface area (Å²) in [5.74, 6) is 0.514. The van der Waals surface area contributed by atoms with E-state index in [-0.39, 0.29) is 5.28 Å². The zero-order valence-electron chi connectivity index (χ0n) is 6.37. The third-order valence-electron chi connectivity index (χ3n) is 0.960. The zero-order chi connectivity index (χ0) is 8.27. The van der Waals surface area contributed by atoms with Crippen LogP contribution in [0.25, 0.3) is 0 Å². The smallest absolute Gasteiger partial charge is 0.227 e. The van der Waals surface area contributed by atoms with Gasteiger partial charge in [-0.15, -0.1) is 0 Å². The summed E-state index contributed by atoms with van der Waals surface area (Å²) < 4.78 is 0. The molecule has 1 aromatic rings. The number of nitrogens with one attached hydrogen (secondary N) is 1. The Morgan fingerprint density at radius 1 is 1.45 bits per heavy atom. The summed E-state index contributed by atoms with van der Waals surface area (Å²) in [4.78, 5) is 11.4. The number of hydrogen-bond donors (Lipinski definition) is 1. The standard InChI is InChI=1S/C6H9ClN4/c1-4(2)10-6-9-3-8-5(7)11-6/h3-4H,1-2H3,(H,8,9,10,11). The summed E-state index contributed by atoms with van der Waals surface area (Å²) in [6.45, 7) is 4.00. The Morgan fingerprint density at radius 3 is 2.73 bits per heavy atom. The zero-order valence-corrected chi connectivity index (χ0v) is 7.13. The van der Waals surface area contributed by atoms with Crippen molar-refractivity contribution in [1.29, 1.82) is 0 Å². The Balaban J connectivity index is 2.71. The summed E-state index contributed by atoms with van der Waals surface area (Å²) >= 11 is 5.53. The minimum Gasteiger partial charge on any atom is -0.352 e. The molecule has 4 nitrogen and oxygen atoms in total. The molecule has 11 heavy (non-hydrogen) atoms. The van der Waals surface area contributed by atoms with Crippen LogP contribution >= 0.6 is 11.6 Å². The minimum absolute atomic E-state index is 0.211. The summed E-state index contributed by atoms with van der Waals surface area (Å²) in [6, 6.07) is 0.300. The van der Waals surface area contributed by atoms with E-state index in [1.54, 1.807) is 0 Å². The van der Waals surface area contributed by atoms with E-state index in [1.807, 2.05) is 13.8 Å². The highest BCUT2D eigenvalue weighted by Crippen LogP contribution is 2.02. The maximum atomic E-state index is 5.53. The van der Waals surface area contributed by atoms with Gasteiger partial charge in [0.1, 0.15) is 6.33 Å². The predicted octanol–water partition coefficient (Wildman–Crippen LogP) is 1.35. The molecule has 0 saturated carbocycles. The van der Waals surface area contributed by atoms with E-state index in [0.717, 1.165) is 0 Å². The first-order valence-corrected chi connectivity index (χ1v) is 3.67. The quantitative estimate of drug-likeness (QED) is 0.732. The van der Waals surface area contributed by atoms with Gasteiger partial charge in [0, 0.05) is 6.04 Å². The molecular weight excluding hydrogens is 164 g/mol. The molecule has 0 aliphatic carbocycles. The Labute approximate surface area is 70.0 Å². The molecule has 0 aliphatic rings. The monoisotopic (exact) mass is 172 g/mol. The minimum atomic E-state index is 0.211. The maximum Gasteiger partial charge on any atom is 0.227 e. The van der Waals surface area contributed by atoms with Gasteiger partial charge in [-0.1, -0.05) is 0 Å². The van der Waals surface area contributed by atoms with Gasteiger partial charge >= 0.3 is 0 Å². The molecule has 1 rings (SSSR count). The fraction of sp³-hybridized carbons (Fsp3) is 0.500. The van der Waals surface area contributed by atoms with Crippen LogP contribution in [-0.2, 0) is 0 Å². The molecule has 60 valence electrons. The van der Waals surface area contributed by atoms with Crippen LogP contribution in [0.15, 0.2) is 6.33 Å². The van der Waals surface area contributed by atoms with Gasteiger partial charge in [0.05, 0.1) is 0 Å². The molecule has 0 radical (unpaired) electrons. The van der Waals surface area contributed by atoms with Gasteiger partial charge in [0.15, 0.2) is 0 Å². The van der Waals surface area contributed by atoms with Crippen LogP contribution in [-0.4, -0.2) is 21.0 Å². The van der Waals surface area contributed by atoms with Crippen molar-refractivity contribution < 1.29 is 0 Å². The van der Waals surface area contributed by atoms with E-state index in [9.17, 15) is 0 Å². The summed E-state index contributed by atoms with van der Waals surface area (Å²) in [7, 11) is 0. The second-order valence-electron chi connectivity index (χ2n) is 2.38. The van der Waals surface area contributed by atoms with Crippen molar-refractivity contribution in [2.24, 2.45) is 0 Å². The molecule has 0 aliphatic heterocycles.